The summed E-state index contributed by atoms with van der Waals surface area (Å²) < 4.78 is 55.0. The number of nitrogens with zero attached hydrogens (tertiary/aromatic N) is 4. The first-order chi connectivity index (χ1) is 14.1. The Balaban J connectivity index is 1.64. The number of hydrogen-bond acceptors (Lipinski definition) is 6. The molecule has 1 aromatic carbocycles. The largest absolute Gasteiger partial charge is 0.329 e. The number of aryl methyl sites for hydroxylation is 1. The van der Waals surface area contributed by atoms with Gasteiger partial charge in [-0.3, -0.25) is 14.1 Å². The van der Waals surface area contributed by atoms with E-state index in [1.165, 1.54) is 28.6 Å². The molecule has 160 valence electrons. The Morgan fingerprint density at radius 3 is 2.23 bits per heavy atom. The topological polar surface area (TPSA) is 111 Å². The molecule has 0 bridgehead atoms. The smallest absolute Gasteiger partial charge is 0.295 e. The molecule has 4 rings (SSSR count). The first-order valence-electron chi connectivity index (χ1n) is 9.42. The molecule has 0 atom stereocenters. The molecule has 11 heteroatoms. The lowest BCUT2D eigenvalue weighted by molar-refractivity contribution is 0.273. The highest BCUT2D eigenvalue weighted by molar-refractivity contribution is 7.93. The SMILES string of the molecule is Cn1c(=O)n(C2CCN(S(=O)(=O)c3ccccc3S(C)(=O)=O)CC2)c2cnccc21. The fraction of sp³-hybridized carbons (Fsp3) is 0.368. The van der Waals surface area contributed by atoms with Crippen LogP contribution in [0.4, 0.5) is 0 Å². The third-order valence-corrected chi connectivity index (χ3v) is 8.79. The molecule has 0 unspecified atom stereocenters. The van der Waals surface area contributed by atoms with Gasteiger partial charge in [0.15, 0.2) is 9.84 Å². The molecular formula is C19H22N4O5S2. The summed E-state index contributed by atoms with van der Waals surface area (Å²) in [5.41, 5.74) is 1.32. The van der Waals surface area contributed by atoms with Gasteiger partial charge in [0.05, 0.1) is 22.1 Å². The fourth-order valence-corrected chi connectivity index (χ4v) is 7.09. The van der Waals surface area contributed by atoms with E-state index in [9.17, 15) is 21.6 Å². The van der Waals surface area contributed by atoms with Crippen LogP contribution in [0.25, 0.3) is 11.0 Å². The van der Waals surface area contributed by atoms with Crippen LogP contribution >= 0.6 is 0 Å². The van der Waals surface area contributed by atoms with Crippen molar-refractivity contribution < 1.29 is 16.8 Å². The van der Waals surface area contributed by atoms with Gasteiger partial charge >= 0.3 is 5.69 Å². The Hall–Kier alpha value is -2.50. The quantitative estimate of drug-likeness (QED) is 0.590. The molecule has 1 aliphatic rings. The lowest BCUT2D eigenvalue weighted by Crippen LogP contribution is -2.41. The molecule has 9 nitrogen and oxygen atoms in total. The van der Waals surface area contributed by atoms with Crippen LogP contribution in [0.3, 0.4) is 0 Å². The highest BCUT2D eigenvalue weighted by atomic mass is 32.2. The van der Waals surface area contributed by atoms with E-state index < -0.39 is 19.9 Å². The van der Waals surface area contributed by atoms with Gasteiger partial charge in [0.1, 0.15) is 4.90 Å². The summed E-state index contributed by atoms with van der Waals surface area (Å²) in [7, 11) is -5.98. The van der Waals surface area contributed by atoms with Crippen LogP contribution in [-0.2, 0) is 26.9 Å². The lowest BCUT2D eigenvalue weighted by Gasteiger charge is -2.32. The molecule has 30 heavy (non-hydrogen) atoms. The Bertz CT molecular complexity index is 1380. The Labute approximate surface area is 174 Å². The predicted octanol–water partition coefficient (Wildman–Crippen LogP) is 1.16. The number of pyridine rings is 1. The molecule has 2 aromatic heterocycles. The molecule has 3 aromatic rings. The summed E-state index contributed by atoms with van der Waals surface area (Å²) in [6.07, 6.45) is 5.14. The molecule has 0 N–H and O–H groups in total. The third kappa shape index (κ3) is 3.36. The number of rotatable bonds is 4. The van der Waals surface area contributed by atoms with E-state index in [0.29, 0.717) is 18.4 Å². The molecule has 3 heterocycles. The Kier molecular flexibility index (Phi) is 5.07. The summed E-state index contributed by atoms with van der Waals surface area (Å²) in [4.78, 5) is 16.4. The van der Waals surface area contributed by atoms with Crippen molar-refractivity contribution >= 4 is 30.9 Å². The summed E-state index contributed by atoms with van der Waals surface area (Å²) >= 11 is 0. The first kappa shape index (κ1) is 20.8. The van der Waals surface area contributed by atoms with E-state index in [1.54, 1.807) is 34.6 Å². The molecule has 1 saturated heterocycles. The molecule has 0 saturated carbocycles. The van der Waals surface area contributed by atoms with Crippen molar-refractivity contribution in [2.45, 2.75) is 28.7 Å². The second-order valence-corrected chi connectivity index (χ2v) is 11.3. The standard InChI is InChI=1S/C19H22N4O5S2/c1-21-15-7-10-20-13-16(15)23(19(21)24)14-8-11-22(12-9-14)30(27,28)18-6-4-3-5-17(18)29(2,25)26/h3-7,10,13-14H,8-9,11-12H2,1-2H3. The molecule has 0 radical (unpaired) electrons. The molecule has 1 aliphatic heterocycles. The first-order valence-corrected chi connectivity index (χ1v) is 12.8. The maximum Gasteiger partial charge on any atom is 0.329 e. The van der Waals surface area contributed by atoms with Crippen LogP contribution in [0.5, 0.6) is 0 Å². The number of benzene rings is 1. The van der Waals surface area contributed by atoms with Crippen molar-refractivity contribution in [3.63, 3.8) is 0 Å². The van der Waals surface area contributed by atoms with E-state index in [0.717, 1.165) is 11.8 Å². The van der Waals surface area contributed by atoms with Crippen LogP contribution in [0.2, 0.25) is 0 Å². The Morgan fingerprint density at radius 2 is 1.60 bits per heavy atom. The van der Waals surface area contributed by atoms with Crippen LogP contribution in [0.15, 0.2) is 57.3 Å². The summed E-state index contributed by atoms with van der Waals surface area (Å²) in [6.45, 7) is 0.377. The minimum atomic E-state index is -3.98. The number of aromatic nitrogens is 3. The van der Waals surface area contributed by atoms with E-state index in [2.05, 4.69) is 4.98 Å². The van der Waals surface area contributed by atoms with Crippen molar-refractivity contribution in [1.82, 2.24) is 18.4 Å². The molecule has 1 fully saturated rings. The minimum Gasteiger partial charge on any atom is -0.295 e. The van der Waals surface area contributed by atoms with Gasteiger partial charge in [0, 0.05) is 38.6 Å². The predicted molar refractivity (Wildman–Crippen MR) is 112 cm³/mol. The number of piperidine rings is 1. The second kappa shape index (κ2) is 7.33. The van der Waals surface area contributed by atoms with Gasteiger partial charge in [-0.25, -0.2) is 21.6 Å². The van der Waals surface area contributed by atoms with Crippen molar-refractivity contribution in [2.24, 2.45) is 7.05 Å². The second-order valence-electron chi connectivity index (χ2n) is 7.43. The lowest BCUT2D eigenvalue weighted by atomic mass is 10.1. The van der Waals surface area contributed by atoms with Gasteiger partial charge in [0.25, 0.3) is 0 Å². The van der Waals surface area contributed by atoms with Gasteiger partial charge in [-0.05, 0) is 31.0 Å². The maximum atomic E-state index is 13.2. The molecule has 0 amide bonds. The van der Waals surface area contributed by atoms with Crippen molar-refractivity contribution in [3.05, 3.63) is 53.2 Å². The van der Waals surface area contributed by atoms with E-state index in [4.69, 9.17) is 0 Å². The number of imidazole rings is 1. The van der Waals surface area contributed by atoms with Crippen LogP contribution in [-0.4, -0.2) is 54.6 Å². The normalized spacial score (nSPS) is 16.9. The highest BCUT2D eigenvalue weighted by Crippen LogP contribution is 2.30. The number of sulfonamides is 1. The van der Waals surface area contributed by atoms with Gasteiger partial charge in [-0.1, -0.05) is 12.1 Å². The molecular weight excluding hydrogens is 428 g/mol. The average Bonchev–Trinajstić information content (AvgIpc) is 2.98. The number of hydrogen-bond donors (Lipinski definition) is 0. The maximum absolute atomic E-state index is 13.2. The monoisotopic (exact) mass is 450 g/mol. The van der Waals surface area contributed by atoms with Crippen LogP contribution < -0.4 is 5.69 Å². The fourth-order valence-electron chi connectivity index (χ4n) is 4.02. The zero-order valence-electron chi connectivity index (χ0n) is 16.6. The van der Waals surface area contributed by atoms with Crippen molar-refractivity contribution in [1.29, 1.82) is 0 Å². The van der Waals surface area contributed by atoms with Gasteiger partial charge < -0.3 is 0 Å². The molecule has 0 spiro atoms. The van der Waals surface area contributed by atoms with E-state index in [1.807, 2.05) is 0 Å². The minimum absolute atomic E-state index is 0.165. The Morgan fingerprint density at radius 1 is 0.967 bits per heavy atom. The number of sulfone groups is 1. The molecule has 0 aliphatic carbocycles. The summed E-state index contributed by atoms with van der Waals surface area (Å²) in [5.74, 6) is 0. The van der Waals surface area contributed by atoms with E-state index in [-0.39, 0.29) is 34.6 Å². The highest BCUT2D eigenvalue weighted by Gasteiger charge is 2.34. The van der Waals surface area contributed by atoms with Crippen LogP contribution in [0.1, 0.15) is 18.9 Å². The van der Waals surface area contributed by atoms with Crippen molar-refractivity contribution in [3.8, 4) is 0 Å². The zero-order chi connectivity index (χ0) is 21.7. The average molecular weight is 451 g/mol. The van der Waals surface area contributed by atoms with Crippen LogP contribution in [0, 0.1) is 0 Å². The summed E-state index contributed by atoms with van der Waals surface area (Å²) in [5, 5.41) is 0. The van der Waals surface area contributed by atoms with E-state index >= 15 is 0 Å². The number of fused-ring (bicyclic) bond motifs is 1. The third-order valence-electron chi connectivity index (χ3n) is 5.55. The zero-order valence-corrected chi connectivity index (χ0v) is 18.2. The van der Waals surface area contributed by atoms with Crippen molar-refractivity contribution in [2.75, 3.05) is 19.3 Å². The van der Waals surface area contributed by atoms with Gasteiger partial charge in [-0.15, -0.1) is 0 Å². The summed E-state index contributed by atoms with van der Waals surface area (Å²) in [6, 6.07) is 7.24. The van der Waals surface area contributed by atoms with Gasteiger partial charge in [0.2, 0.25) is 10.0 Å². The van der Waals surface area contributed by atoms with Gasteiger partial charge in [-0.2, -0.15) is 4.31 Å².